The second-order valence-electron chi connectivity index (χ2n) is 2.38. The lowest BCUT2D eigenvalue weighted by molar-refractivity contribution is 1.31. The zero-order valence-electron chi connectivity index (χ0n) is 6.00. The van der Waals surface area contributed by atoms with Crippen LogP contribution in [0.5, 0.6) is 0 Å². The molecule has 3 nitrogen and oxygen atoms in total. The number of nitrogens with zero attached hydrogens (tertiary/aromatic N) is 2. The molecule has 1 N–H and O–H groups in total. The average Bonchev–Trinajstić information content (AvgIpc) is 2.49. The third-order valence-corrected chi connectivity index (χ3v) is 2.25. The molecular formula is C8H4BrN3. The predicted molar refractivity (Wildman–Crippen MR) is 48.5 cm³/mol. The molecule has 0 radical (unpaired) electrons. The molecule has 0 aliphatic heterocycles. The van der Waals surface area contributed by atoms with Crippen LogP contribution in [-0.4, -0.2) is 9.97 Å². The van der Waals surface area contributed by atoms with Crippen molar-refractivity contribution in [1.82, 2.24) is 9.97 Å². The Balaban J connectivity index is 2.85. The van der Waals surface area contributed by atoms with Crippen LogP contribution in [0.25, 0.3) is 10.9 Å². The highest BCUT2D eigenvalue weighted by Gasteiger charge is 2.02. The van der Waals surface area contributed by atoms with Gasteiger partial charge in [0.15, 0.2) is 0 Å². The van der Waals surface area contributed by atoms with Gasteiger partial charge in [0.2, 0.25) is 0 Å². The average molecular weight is 222 g/mol. The minimum atomic E-state index is 0.554. The van der Waals surface area contributed by atoms with Crippen LogP contribution in [0.2, 0.25) is 0 Å². The minimum Gasteiger partial charge on any atom is -0.345 e. The molecule has 2 heterocycles. The summed E-state index contributed by atoms with van der Waals surface area (Å²) in [6.07, 6.45) is 3.40. The van der Waals surface area contributed by atoms with Crippen LogP contribution < -0.4 is 0 Å². The number of hydrogen-bond donors (Lipinski definition) is 1. The van der Waals surface area contributed by atoms with Gasteiger partial charge >= 0.3 is 0 Å². The zero-order chi connectivity index (χ0) is 8.55. The molecule has 2 aromatic rings. The van der Waals surface area contributed by atoms with Gasteiger partial charge < -0.3 is 4.98 Å². The number of fused-ring (bicyclic) bond motifs is 1. The van der Waals surface area contributed by atoms with E-state index in [2.05, 4.69) is 25.9 Å². The fourth-order valence-electron chi connectivity index (χ4n) is 1.08. The van der Waals surface area contributed by atoms with Gasteiger partial charge in [0.05, 0.1) is 11.7 Å². The van der Waals surface area contributed by atoms with Gasteiger partial charge in [-0.1, -0.05) is 0 Å². The number of nitriles is 1. The molecule has 58 valence electrons. The number of halogens is 1. The minimum absolute atomic E-state index is 0.554. The molecule has 0 aliphatic carbocycles. The van der Waals surface area contributed by atoms with E-state index in [0.717, 1.165) is 15.4 Å². The number of pyridine rings is 1. The number of H-pyrrole nitrogens is 1. The first kappa shape index (κ1) is 7.32. The topological polar surface area (TPSA) is 52.5 Å². The van der Waals surface area contributed by atoms with Crippen molar-refractivity contribution in [2.24, 2.45) is 0 Å². The van der Waals surface area contributed by atoms with E-state index in [1.165, 1.54) is 0 Å². The van der Waals surface area contributed by atoms with E-state index in [0.29, 0.717) is 5.69 Å². The van der Waals surface area contributed by atoms with Crippen molar-refractivity contribution in [3.8, 4) is 6.07 Å². The predicted octanol–water partition coefficient (Wildman–Crippen LogP) is 2.20. The second kappa shape index (κ2) is 2.61. The van der Waals surface area contributed by atoms with Crippen LogP contribution in [0.1, 0.15) is 5.69 Å². The van der Waals surface area contributed by atoms with Crippen molar-refractivity contribution in [1.29, 1.82) is 5.26 Å². The molecule has 12 heavy (non-hydrogen) atoms. The summed E-state index contributed by atoms with van der Waals surface area (Å²) < 4.78 is 0.901. The van der Waals surface area contributed by atoms with Crippen LogP contribution >= 0.6 is 15.9 Å². The van der Waals surface area contributed by atoms with E-state index in [1.807, 2.05) is 6.07 Å². The SMILES string of the molecule is N#Cc1cc2c(Br)cncc2[nH]1. The highest BCUT2D eigenvalue weighted by Crippen LogP contribution is 2.22. The summed E-state index contributed by atoms with van der Waals surface area (Å²) in [5.41, 5.74) is 1.43. The standard InChI is InChI=1S/C8H4BrN3/c9-7-3-11-4-8-6(7)1-5(2-10)12-8/h1,3-4,12H. The van der Waals surface area contributed by atoms with Gasteiger partial charge in [0, 0.05) is 16.1 Å². The number of hydrogen-bond acceptors (Lipinski definition) is 2. The Hall–Kier alpha value is -1.34. The number of rotatable bonds is 0. The fraction of sp³-hybridized carbons (Fsp3) is 0. The molecule has 0 aromatic carbocycles. The Labute approximate surface area is 77.2 Å². The maximum absolute atomic E-state index is 8.61. The van der Waals surface area contributed by atoms with Crippen molar-refractivity contribution in [3.63, 3.8) is 0 Å². The van der Waals surface area contributed by atoms with Crippen LogP contribution in [0.15, 0.2) is 22.9 Å². The Morgan fingerprint density at radius 2 is 2.33 bits per heavy atom. The summed E-state index contributed by atoms with van der Waals surface area (Å²) in [6.45, 7) is 0. The lowest BCUT2D eigenvalue weighted by atomic mass is 10.3. The molecule has 0 aliphatic rings. The van der Waals surface area contributed by atoms with Gasteiger partial charge in [0.1, 0.15) is 11.8 Å². The maximum atomic E-state index is 8.61. The second-order valence-corrected chi connectivity index (χ2v) is 3.23. The van der Waals surface area contributed by atoms with E-state index < -0.39 is 0 Å². The molecule has 0 amide bonds. The van der Waals surface area contributed by atoms with Crippen molar-refractivity contribution in [3.05, 3.63) is 28.6 Å². The monoisotopic (exact) mass is 221 g/mol. The molecule has 0 atom stereocenters. The normalized spacial score (nSPS) is 10.0. The van der Waals surface area contributed by atoms with Gasteiger partial charge in [-0.05, 0) is 22.0 Å². The molecule has 2 rings (SSSR count). The molecule has 0 bridgehead atoms. The summed E-state index contributed by atoms with van der Waals surface area (Å²) in [7, 11) is 0. The van der Waals surface area contributed by atoms with Crippen LogP contribution in [0.3, 0.4) is 0 Å². The molecule has 0 saturated carbocycles. The summed E-state index contributed by atoms with van der Waals surface area (Å²) in [5.74, 6) is 0. The fourth-order valence-corrected chi connectivity index (χ4v) is 1.52. The van der Waals surface area contributed by atoms with Gasteiger partial charge in [0.25, 0.3) is 0 Å². The third kappa shape index (κ3) is 0.990. The summed E-state index contributed by atoms with van der Waals surface area (Å²) in [5, 5.41) is 9.60. The van der Waals surface area contributed by atoms with Crippen molar-refractivity contribution < 1.29 is 0 Å². The van der Waals surface area contributed by atoms with Gasteiger partial charge in [-0.3, -0.25) is 4.98 Å². The van der Waals surface area contributed by atoms with Crippen LogP contribution in [0, 0.1) is 11.3 Å². The first-order valence-corrected chi connectivity index (χ1v) is 4.13. The highest BCUT2D eigenvalue weighted by atomic mass is 79.9. The van der Waals surface area contributed by atoms with E-state index in [4.69, 9.17) is 5.26 Å². The Bertz CT molecular complexity index is 467. The highest BCUT2D eigenvalue weighted by molar-refractivity contribution is 9.10. The smallest absolute Gasteiger partial charge is 0.118 e. The summed E-state index contributed by atoms with van der Waals surface area (Å²) >= 11 is 3.35. The molecule has 0 saturated heterocycles. The molecule has 0 unspecified atom stereocenters. The first-order valence-electron chi connectivity index (χ1n) is 3.33. The molecule has 0 spiro atoms. The summed E-state index contributed by atoms with van der Waals surface area (Å²) in [6, 6.07) is 3.83. The van der Waals surface area contributed by atoms with Crippen molar-refractivity contribution in [2.75, 3.05) is 0 Å². The number of aromatic nitrogens is 2. The lowest BCUT2D eigenvalue weighted by Gasteiger charge is -1.89. The zero-order valence-corrected chi connectivity index (χ0v) is 7.59. The third-order valence-electron chi connectivity index (χ3n) is 1.62. The Kier molecular flexibility index (Phi) is 1.59. The van der Waals surface area contributed by atoms with Gasteiger partial charge in [-0.15, -0.1) is 0 Å². The van der Waals surface area contributed by atoms with Crippen molar-refractivity contribution in [2.45, 2.75) is 0 Å². The Morgan fingerprint density at radius 3 is 3.00 bits per heavy atom. The maximum Gasteiger partial charge on any atom is 0.118 e. The van der Waals surface area contributed by atoms with E-state index in [9.17, 15) is 0 Å². The molecule has 4 heteroatoms. The van der Waals surface area contributed by atoms with Gasteiger partial charge in [-0.2, -0.15) is 5.26 Å². The van der Waals surface area contributed by atoms with E-state index >= 15 is 0 Å². The van der Waals surface area contributed by atoms with E-state index in [1.54, 1.807) is 18.5 Å². The number of nitrogens with one attached hydrogen (secondary N) is 1. The number of aromatic amines is 1. The molecular weight excluding hydrogens is 218 g/mol. The lowest BCUT2D eigenvalue weighted by Crippen LogP contribution is -1.73. The largest absolute Gasteiger partial charge is 0.345 e. The quantitative estimate of drug-likeness (QED) is 0.742. The van der Waals surface area contributed by atoms with Crippen LogP contribution in [-0.2, 0) is 0 Å². The summed E-state index contributed by atoms with van der Waals surface area (Å²) in [4.78, 5) is 6.90. The first-order chi connectivity index (χ1) is 5.81. The molecule has 0 fully saturated rings. The van der Waals surface area contributed by atoms with E-state index in [-0.39, 0.29) is 0 Å². The van der Waals surface area contributed by atoms with Crippen LogP contribution in [0.4, 0.5) is 0 Å². The molecule has 2 aromatic heterocycles. The van der Waals surface area contributed by atoms with Crippen molar-refractivity contribution >= 4 is 26.8 Å². The van der Waals surface area contributed by atoms with Gasteiger partial charge in [-0.25, -0.2) is 0 Å². The Morgan fingerprint density at radius 1 is 1.50 bits per heavy atom.